The Balaban J connectivity index is 1.23. The van der Waals surface area contributed by atoms with Crippen LogP contribution in [-0.2, 0) is 31.9 Å². The summed E-state index contributed by atoms with van der Waals surface area (Å²) in [5.74, 6) is 0.393. The van der Waals surface area contributed by atoms with Crippen LogP contribution < -0.4 is 0 Å². The minimum atomic E-state index is -4.39. The number of hydrogen-bond acceptors (Lipinski definition) is 4. The van der Waals surface area contributed by atoms with Gasteiger partial charge in [-0.05, 0) is 35.9 Å². The summed E-state index contributed by atoms with van der Waals surface area (Å²) in [6.45, 7) is 1.97. The second-order valence-electron chi connectivity index (χ2n) is 8.83. The van der Waals surface area contributed by atoms with Crippen LogP contribution in [0.3, 0.4) is 0 Å². The summed E-state index contributed by atoms with van der Waals surface area (Å²) in [5, 5.41) is 0. The van der Waals surface area contributed by atoms with E-state index in [-0.39, 0.29) is 0 Å². The lowest BCUT2D eigenvalue weighted by atomic mass is 10.0. The second-order valence-corrected chi connectivity index (χ2v) is 8.83. The van der Waals surface area contributed by atoms with Crippen LogP contribution in [0.25, 0.3) is 22.6 Å². The molecule has 0 saturated carbocycles. The first-order chi connectivity index (χ1) is 17.6. The number of hydrogen-bond donors (Lipinski definition) is 0. The normalized spacial score (nSPS) is 14.4. The van der Waals surface area contributed by atoms with Crippen LogP contribution in [0.4, 0.5) is 26.3 Å². The smallest absolute Gasteiger partial charge is 0.294 e. The monoisotopic (exact) mass is 514 g/mol. The Hall–Kier alpha value is -3.79. The summed E-state index contributed by atoms with van der Waals surface area (Å²) < 4.78 is 76.8. The molecule has 0 atom stereocenters. The van der Waals surface area contributed by atoms with Crippen LogP contribution in [0.1, 0.15) is 27.9 Å². The van der Waals surface area contributed by atoms with Crippen LogP contribution in [0.2, 0.25) is 0 Å². The Morgan fingerprint density at radius 3 is 1.89 bits per heavy atom. The Morgan fingerprint density at radius 2 is 1.32 bits per heavy atom. The first kappa shape index (κ1) is 24.9. The van der Waals surface area contributed by atoms with Crippen LogP contribution in [-0.4, -0.2) is 26.4 Å². The molecular weight excluding hydrogens is 494 g/mol. The van der Waals surface area contributed by atoms with E-state index in [1.54, 1.807) is 18.5 Å². The van der Waals surface area contributed by atoms with Gasteiger partial charge in [0.1, 0.15) is 0 Å². The molecule has 0 radical (unpaired) electrons. The van der Waals surface area contributed by atoms with E-state index in [1.165, 1.54) is 24.3 Å². The van der Waals surface area contributed by atoms with Gasteiger partial charge in [-0.2, -0.15) is 26.3 Å². The molecule has 1 aliphatic heterocycles. The fourth-order valence-corrected chi connectivity index (χ4v) is 4.23. The zero-order valence-electron chi connectivity index (χ0n) is 19.3. The molecule has 3 heterocycles. The third kappa shape index (κ3) is 5.64. The highest BCUT2D eigenvalue weighted by atomic mass is 19.4. The van der Waals surface area contributed by atoms with Crippen molar-refractivity contribution in [3.05, 3.63) is 101 Å². The molecule has 0 N–H and O–H groups in total. The van der Waals surface area contributed by atoms with Crippen molar-refractivity contribution in [2.75, 3.05) is 6.54 Å². The second kappa shape index (κ2) is 9.59. The Labute approximate surface area is 208 Å². The predicted octanol–water partition coefficient (Wildman–Crippen LogP) is 6.80. The Bertz CT molecular complexity index is 1380. The van der Waals surface area contributed by atoms with E-state index in [0.717, 1.165) is 47.6 Å². The van der Waals surface area contributed by atoms with Crippen molar-refractivity contribution in [1.29, 1.82) is 0 Å². The molecule has 5 rings (SSSR count). The third-order valence-corrected chi connectivity index (χ3v) is 6.22. The highest BCUT2D eigenvalue weighted by Gasteiger charge is 2.31. The van der Waals surface area contributed by atoms with E-state index in [4.69, 9.17) is 0 Å². The zero-order valence-corrected chi connectivity index (χ0v) is 19.3. The zero-order chi connectivity index (χ0) is 26.2. The lowest BCUT2D eigenvalue weighted by Crippen LogP contribution is -2.31. The molecular formula is C27H20F6N4. The number of benzene rings is 2. The summed E-state index contributed by atoms with van der Waals surface area (Å²) in [4.78, 5) is 15.6. The summed E-state index contributed by atoms with van der Waals surface area (Å²) >= 11 is 0. The van der Waals surface area contributed by atoms with Crippen LogP contribution in [0, 0.1) is 0 Å². The van der Waals surface area contributed by atoms with Crippen molar-refractivity contribution in [3.63, 3.8) is 0 Å². The standard InChI is InChI=1S/C27H20F6N4/c28-26(29,30)21-6-2-18(3-7-21)23-10-1-17(13-34-23)15-37-12-11-24-20(16-37)14-35-25(36-24)19-4-8-22(9-5-19)27(31,32)33/h1-10,13-14H,11-12,15-16H2. The summed E-state index contributed by atoms with van der Waals surface area (Å²) in [7, 11) is 0. The maximum Gasteiger partial charge on any atom is 0.416 e. The molecule has 190 valence electrons. The Morgan fingerprint density at radius 1 is 0.703 bits per heavy atom. The lowest BCUT2D eigenvalue weighted by Gasteiger charge is -2.28. The van der Waals surface area contributed by atoms with Crippen molar-refractivity contribution in [2.24, 2.45) is 0 Å². The molecule has 1 aliphatic rings. The molecule has 0 aliphatic carbocycles. The third-order valence-electron chi connectivity index (χ3n) is 6.22. The van der Waals surface area contributed by atoms with Gasteiger partial charge < -0.3 is 0 Å². The van der Waals surface area contributed by atoms with E-state index in [9.17, 15) is 26.3 Å². The maximum absolute atomic E-state index is 12.8. The average Bonchev–Trinajstić information content (AvgIpc) is 2.88. The number of nitrogens with zero attached hydrogens (tertiary/aromatic N) is 4. The van der Waals surface area contributed by atoms with Crippen molar-refractivity contribution in [1.82, 2.24) is 19.9 Å². The fourth-order valence-electron chi connectivity index (χ4n) is 4.23. The van der Waals surface area contributed by atoms with Gasteiger partial charge in [0.15, 0.2) is 5.82 Å². The van der Waals surface area contributed by atoms with Crippen LogP contribution in [0.5, 0.6) is 0 Å². The highest BCUT2D eigenvalue weighted by molar-refractivity contribution is 5.59. The SMILES string of the molecule is FC(F)(F)c1ccc(-c2ccc(CN3CCc4nc(-c5ccc(C(F)(F)F)cc5)ncc4C3)cn2)cc1. The number of halogens is 6. The van der Waals surface area contributed by atoms with E-state index >= 15 is 0 Å². The van der Waals surface area contributed by atoms with Gasteiger partial charge in [-0.1, -0.05) is 30.3 Å². The molecule has 0 bridgehead atoms. The number of aromatic nitrogens is 3. The number of alkyl halides is 6. The Kier molecular flexibility index (Phi) is 6.45. The first-order valence-electron chi connectivity index (χ1n) is 11.4. The molecule has 2 aromatic carbocycles. The molecule has 37 heavy (non-hydrogen) atoms. The maximum atomic E-state index is 12.8. The van der Waals surface area contributed by atoms with Gasteiger partial charge in [0.05, 0.1) is 22.5 Å². The topological polar surface area (TPSA) is 41.9 Å². The van der Waals surface area contributed by atoms with Crippen molar-refractivity contribution in [3.8, 4) is 22.6 Å². The number of pyridine rings is 1. The van der Waals surface area contributed by atoms with Crippen molar-refractivity contribution >= 4 is 0 Å². The molecule has 4 aromatic rings. The molecule has 0 spiro atoms. The van der Waals surface area contributed by atoms with Gasteiger partial charge >= 0.3 is 12.4 Å². The van der Waals surface area contributed by atoms with Gasteiger partial charge in [0.2, 0.25) is 0 Å². The number of rotatable bonds is 4. The highest BCUT2D eigenvalue weighted by Crippen LogP contribution is 2.32. The largest absolute Gasteiger partial charge is 0.416 e. The summed E-state index contributed by atoms with van der Waals surface area (Å²) in [6.07, 6.45) is -4.67. The van der Waals surface area contributed by atoms with Crippen LogP contribution in [0.15, 0.2) is 73.1 Å². The van der Waals surface area contributed by atoms with Gasteiger partial charge in [-0.25, -0.2) is 9.97 Å². The quantitative estimate of drug-likeness (QED) is 0.281. The van der Waals surface area contributed by atoms with E-state index < -0.39 is 23.5 Å². The van der Waals surface area contributed by atoms with E-state index in [1.807, 2.05) is 6.07 Å². The summed E-state index contributed by atoms with van der Waals surface area (Å²) in [5.41, 5.74) is 3.09. The van der Waals surface area contributed by atoms with E-state index in [2.05, 4.69) is 19.9 Å². The van der Waals surface area contributed by atoms with Crippen molar-refractivity contribution < 1.29 is 26.3 Å². The molecule has 2 aromatic heterocycles. The fraction of sp³-hybridized carbons (Fsp3) is 0.222. The predicted molar refractivity (Wildman–Crippen MR) is 125 cm³/mol. The van der Waals surface area contributed by atoms with Crippen molar-refractivity contribution in [2.45, 2.75) is 31.9 Å². The lowest BCUT2D eigenvalue weighted by molar-refractivity contribution is -0.138. The molecule has 0 amide bonds. The summed E-state index contributed by atoms with van der Waals surface area (Å²) in [6, 6.07) is 13.4. The van der Waals surface area contributed by atoms with Gasteiger partial charge in [-0.15, -0.1) is 0 Å². The molecule has 0 saturated heterocycles. The van der Waals surface area contributed by atoms with Crippen LogP contribution >= 0.6 is 0 Å². The van der Waals surface area contributed by atoms with Gasteiger partial charge in [-0.3, -0.25) is 9.88 Å². The molecule has 4 nitrogen and oxygen atoms in total. The molecule has 0 fully saturated rings. The number of fused-ring (bicyclic) bond motifs is 1. The van der Waals surface area contributed by atoms with Gasteiger partial charge in [0.25, 0.3) is 0 Å². The van der Waals surface area contributed by atoms with Gasteiger partial charge in [0, 0.05) is 55.1 Å². The minimum Gasteiger partial charge on any atom is -0.294 e. The average molecular weight is 514 g/mol. The molecule has 0 unspecified atom stereocenters. The minimum absolute atomic E-state index is 0.393. The van der Waals surface area contributed by atoms with E-state index in [0.29, 0.717) is 42.2 Å². The molecule has 10 heteroatoms. The first-order valence-corrected chi connectivity index (χ1v) is 11.4.